The van der Waals surface area contributed by atoms with Crippen molar-refractivity contribution in [2.75, 3.05) is 6.54 Å². The van der Waals surface area contributed by atoms with Gasteiger partial charge >= 0.3 is 0 Å². The molecule has 4 aliphatic rings. The average Bonchev–Trinajstić information content (AvgIpc) is 3.63. The van der Waals surface area contributed by atoms with Crippen molar-refractivity contribution in [3.63, 3.8) is 0 Å². The van der Waals surface area contributed by atoms with Crippen LogP contribution in [0, 0.1) is 5.82 Å². The lowest BCUT2D eigenvalue weighted by atomic mass is 9.82. The number of nitrogens with zero attached hydrogens (tertiary/aromatic N) is 4. The van der Waals surface area contributed by atoms with Gasteiger partial charge in [0.15, 0.2) is 5.65 Å². The largest absolute Gasteiger partial charge is 0.361 e. The number of benzene rings is 1. The number of alkyl halides is 1. The van der Waals surface area contributed by atoms with Gasteiger partial charge in [0, 0.05) is 29.3 Å². The van der Waals surface area contributed by atoms with Gasteiger partial charge in [-0.05, 0) is 86.3 Å². The molecule has 37 heavy (non-hydrogen) atoms. The Balaban J connectivity index is 1.28. The van der Waals surface area contributed by atoms with Crippen molar-refractivity contribution in [2.45, 2.75) is 75.9 Å². The molecule has 1 aromatic carbocycles. The molecular formula is C31H32F2N4. The van der Waals surface area contributed by atoms with E-state index in [1.54, 1.807) is 6.07 Å². The Labute approximate surface area is 216 Å². The molecule has 4 nitrogen and oxygen atoms in total. The van der Waals surface area contributed by atoms with Crippen molar-refractivity contribution in [3.05, 3.63) is 83.0 Å². The van der Waals surface area contributed by atoms with E-state index in [0.717, 1.165) is 66.7 Å². The zero-order chi connectivity index (χ0) is 25.3. The fourth-order valence-corrected chi connectivity index (χ4v) is 6.25. The number of rotatable bonds is 5. The monoisotopic (exact) mass is 498 g/mol. The third kappa shape index (κ3) is 3.84. The molecule has 1 aliphatic heterocycles. The molecule has 2 aromatic heterocycles. The summed E-state index contributed by atoms with van der Waals surface area (Å²) in [7, 11) is 0. The van der Waals surface area contributed by atoms with E-state index in [-0.39, 0.29) is 18.4 Å². The first-order valence-electron chi connectivity index (χ1n) is 13.7. The predicted molar refractivity (Wildman–Crippen MR) is 142 cm³/mol. The van der Waals surface area contributed by atoms with E-state index in [1.165, 1.54) is 12.0 Å². The molecule has 0 bridgehead atoms. The second-order valence-corrected chi connectivity index (χ2v) is 11.2. The van der Waals surface area contributed by atoms with Gasteiger partial charge in [-0.15, -0.1) is 0 Å². The smallest absolute Gasteiger partial charge is 0.156 e. The minimum absolute atomic E-state index is 0.0733. The van der Waals surface area contributed by atoms with Crippen LogP contribution in [0.1, 0.15) is 80.7 Å². The summed E-state index contributed by atoms with van der Waals surface area (Å²) in [6.45, 7) is 6.82. The number of hydrogen-bond acceptors (Lipinski definition) is 3. The van der Waals surface area contributed by atoms with E-state index in [9.17, 15) is 0 Å². The fraction of sp³-hybridized carbons (Fsp3) is 0.419. The number of halogens is 2. The molecule has 3 aromatic rings. The number of hydrogen-bond donors (Lipinski definition) is 0. The van der Waals surface area contributed by atoms with Gasteiger partial charge in [-0.25, -0.2) is 18.3 Å². The fourth-order valence-electron chi connectivity index (χ4n) is 6.25. The lowest BCUT2D eigenvalue weighted by Gasteiger charge is -2.41. The molecule has 0 amide bonds. The highest BCUT2D eigenvalue weighted by Gasteiger charge is 2.34. The van der Waals surface area contributed by atoms with E-state index in [2.05, 4.69) is 30.5 Å². The third-order valence-corrected chi connectivity index (χ3v) is 8.85. The van der Waals surface area contributed by atoms with Gasteiger partial charge in [0.05, 0.1) is 23.6 Å². The van der Waals surface area contributed by atoms with Gasteiger partial charge in [-0.2, -0.15) is 5.10 Å². The van der Waals surface area contributed by atoms with Gasteiger partial charge in [0.2, 0.25) is 0 Å². The Morgan fingerprint density at radius 3 is 2.65 bits per heavy atom. The number of fused-ring (bicyclic) bond motifs is 1. The Morgan fingerprint density at radius 1 is 1.08 bits per heavy atom. The molecule has 3 aliphatic carbocycles. The van der Waals surface area contributed by atoms with Crippen LogP contribution in [-0.2, 0) is 0 Å². The van der Waals surface area contributed by atoms with Crippen molar-refractivity contribution in [1.29, 1.82) is 0 Å². The number of aromatic nitrogens is 3. The van der Waals surface area contributed by atoms with Gasteiger partial charge in [-0.3, -0.25) is 0 Å². The Kier molecular flexibility index (Phi) is 5.34. The molecule has 2 fully saturated rings. The zero-order valence-electron chi connectivity index (χ0n) is 21.3. The molecular weight excluding hydrogens is 466 g/mol. The van der Waals surface area contributed by atoms with E-state index < -0.39 is 6.17 Å². The van der Waals surface area contributed by atoms with Gasteiger partial charge in [-0.1, -0.05) is 31.2 Å². The van der Waals surface area contributed by atoms with Crippen LogP contribution >= 0.6 is 0 Å². The minimum atomic E-state index is -1.03. The van der Waals surface area contributed by atoms with Crippen LogP contribution in [0.3, 0.4) is 0 Å². The summed E-state index contributed by atoms with van der Waals surface area (Å²) in [6.07, 6.45) is 10.5. The maximum Gasteiger partial charge on any atom is 0.156 e. The van der Waals surface area contributed by atoms with E-state index >= 15 is 8.78 Å². The van der Waals surface area contributed by atoms with E-state index in [1.807, 2.05) is 28.8 Å². The Morgan fingerprint density at radius 2 is 1.92 bits per heavy atom. The number of allylic oxidation sites excluding steroid dienone is 2. The Hall–Kier alpha value is -3.28. The van der Waals surface area contributed by atoms with Crippen LogP contribution in [0.15, 0.2) is 60.2 Å². The van der Waals surface area contributed by atoms with Crippen LogP contribution in [0.5, 0.6) is 0 Å². The van der Waals surface area contributed by atoms with Crippen molar-refractivity contribution in [2.24, 2.45) is 0 Å². The van der Waals surface area contributed by atoms with Crippen LogP contribution in [-0.4, -0.2) is 38.3 Å². The molecule has 0 saturated heterocycles. The molecule has 0 spiro atoms. The lowest BCUT2D eigenvalue weighted by molar-refractivity contribution is 0.227. The van der Waals surface area contributed by atoms with Crippen molar-refractivity contribution in [3.8, 4) is 11.3 Å². The maximum atomic E-state index is 15.2. The summed E-state index contributed by atoms with van der Waals surface area (Å²) < 4.78 is 32.2. The van der Waals surface area contributed by atoms with Crippen LogP contribution in [0.2, 0.25) is 0 Å². The summed E-state index contributed by atoms with van der Waals surface area (Å²) in [6, 6.07) is 9.57. The van der Waals surface area contributed by atoms with Crippen molar-refractivity contribution in [1.82, 2.24) is 19.5 Å². The highest BCUT2D eigenvalue weighted by atomic mass is 19.1. The highest BCUT2D eigenvalue weighted by Crippen LogP contribution is 2.42. The first-order valence-corrected chi connectivity index (χ1v) is 13.7. The van der Waals surface area contributed by atoms with Gasteiger partial charge < -0.3 is 4.90 Å². The van der Waals surface area contributed by atoms with Crippen LogP contribution < -0.4 is 0 Å². The van der Waals surface area contributed by atoms with E-state index in [0.29, 0.717) is 28.7 Å². The predicted octanol–water partition coefficient (Wildman–Crippen LogP) is 7.34. The van der Waals surface area contributed by atoms with Gasteiger partial charge in [0.1, 0.15) is 12.0 Å². The zero-order valence-corrected chi connectivity index (χ0v) is 21.3. The summed E-state index contributed by atoms with van der Waals surface area (Å²) in [5.41, 5.74) is 7.43. The lowest BCUT2D eigenvalue weighted by Crippen LogP contribution is -2.43. The minimum Gasteiger partial charge on any atom is -0.361 e. The summed E-state index contributed by atoms with van der Waals surface area (Å²) >= 11 is 0. The Bertz CT molecular complexity index is 1470. The molecule has 6 heteroatoms. The molecule has 2 saturated carbocycles. The SMILES string of the molecule is C=C(c1cc(C2CCC2)n2nc(-c3ccc(C4CC4)cc3F)cc2n1)N1CC(F)C2=C(CCC=C2)C1C. The summed E-state index contributed by atoms with van der Waals surface area (Å²) in [5, 5.41) is 4.83. The topological polar surface area (TPSA) is 33.4 Å². The summed E-state index contributed by atoms with van der Waals surface area (Å²) in [4.78, 5) is 7.00. The normalized spacial score (nSPS) is 23.9. The first kappa shape index (κ1) is 22.9. The first-order chi connectivity index (χ1) is 18.0. The molecule has 3 heterocycles. The van der Waals surface area contributed by atoms with Gasteiger partial charge in [0.25, 0.3) is 0 Å². The van der Waals surface area contributed by atoms with Crippen LogP contribution in [0.4, 0.5) is 8.78 Å². The van der Waals surface area contributed by atoms with Crippen molar-refractivity contribution >= 4 is 11.3 Å². The standard InChI is InChI=1S/C31H32F2N4/c1-18-23-8-3-4-9-24(23)27(33)17-36(18)19(2)28-15-30(21-6-5-7-21)37-31(34-28)16-29(35-37)25-13-12-22(14-26(25)32)20-10-11-20/h4,9,12-16,18,20-21,27H,2-3,5-8,10-11,17H2,1H3. The second-order valence-electron chi connectivity index (χ2n) is 11.2. The third-order valence-electron chi connectivity index (χ3n) is 8.85. The van der Waals surface area contributed by atoms with Crippen LogP contribution in [0.25, 0.3) is 22.6 Å². The molecule has 2 atom stereocenters. The van der Waals surface area contributed by atoms with Crippen molar-refractivity contribution < 1.29 is 8.78 Å². The molecule has 7 rings (SSSR count). The second kappa shape index (κ2) is 8.64. The maximum absolute atomic E-state index is 15.2. The van der Waals surface area contributed by atoms with E-state index in [4.69, 9.17) is 10.1 Å². The average molecular weight is 499 g/mol. The molecule has 0 radical (unpaired) electrons. The molecule has 190 valence electrons. The summed E-state index contributed by atoms with van der Waals surface area (Å²) in [5.74, 6) is 0.657. The highest BCUT2D eigenvalue weighted by molar-refractivity contribution is 5.68. The molecule has 2 unspecified atom stereocenters. The molecule has 0 N–H and O–H groups in total. The quantitative estimate of drug-likeness (QED) is 0.369.